The smallest absolute Gasteiger partial charge is 0.363 e. The molecule has 2 heterocycles. The van der Waals surface area contributed by atoms with Gasteiger partial charge in [0.15, 0.2) is 22.3 Å². The molecule has 11 heteroatoms. The van der Waals surface area contributed by atoms with E-state index < -0.39 is 10.9 Å². The Labute approximate surface area is 214 Å². The third kappa shape index (κ3) is 5.02. The molecule has 2 N–H and O–H groups in total. The number of aromatic hydroxyl groups is 1. The van der Waals surface area contributed by atoms with Crippen LogP contribution in [0.3, 0.4) is 0 Å². The van der Waals surface area contributed by atoms with E-state index in [9.17, 15) is 20.0 Å². The van der Waals surface area contributed by atoms with Gasteiger partial charge in [-0.15, -0.1) is 11.3 Å². The van der Waals surface area contributed by atoms with Crippen molar-refractivity contribution in [2.45, 2.75) is 0 Å². The molecule has 0 amide bonds. The van der Waals surface area contributed by atoms with Gasteiger partial charge in [0.1, 0.15) is 5.69 Å². The highest BCUT2D eigenvalue weighted by atomic mass is 32.1. The van der Waals surface area contributed by atoms with Gasteiger partial charge in [0, 0.05) is 22.6 Å². The Hall–Kier alpha value is -5.03. The monoisotopic (exact) mass is 514 g/mol. The molecule has 0 spiro atoms. The summed E-state index contributed by atoms with van der Waals surface area (Å²) in [4.78, 5) is 32.4. The van der Waals surface area contributed by atoms with Gasteiger partial charge < -0.3 is 19.9 Å². The summed E-state index contributed by atoms with van der Waals surface area (Å²) in [6.45, 7) is 0. The van der Waals surface area contributed by atoms with E-state index in [4.69, 9.17) is 9.47 Å². The van der Waals surface area contributed by atoms with Crippen molar-refractivity contribution in [2.24, 2.45) is 4.99 Å². The fraction of sp³-hybridized carbons (Fsp3) is 0.0385. The highest BCUT2D eigenvalue weighted by Crippen LogP contribution is 2.33. The second kappa shape index (κ2) is 9.91. The molecule has 0 saturated carbocycles. The number of aromatic nitrogens is 1. The van der Waals surface area contributed by atoms with E-state index in [1.165, 1.54) is 42.7 Å². The molecule has 1 aliphatic heterocycles. The molecular formula is C26H18N4O6S. The van der Waals surface area contributed by atoms with Crippen LogP contribution in [0.5, 0.6) is 11.5 Å². The van der Waals surface area contributed by atoms with Gasteiger partial charge in [0.25, 0.3) is 5.69 Å². The number of nitro groups is 1. The molecule has 0 radical (unpaired) electrons. The van der Waals surface area contributed by atoms with Crippen LogP contribution in [0.1, 0.15) is 11.1 Å². The SMILES string of the molecule is COc1ccc(/C=C2/N=C(c3ccc(Nc4nc(-c5ccccc5)cs4)c([N+](=O)[O-])c3)OC2=O)cc1O. The lowest BCUT2D eigenvalue weighted by atomic mass is 10.1. The molecule has 0 saturated heterocycles. The van der Waals surface area contributed by atoms with Crippen molar-refractivity contribution in [3.63, 3.8) is 0 Å². The number of nitrogens with zero attached hydrogens (tertiary/aromatic N) is 3. The number of esters is 1. The average molecular weight is 515 g/mol. The number of cyclic esters (lactones) is 1. The number of hydrogen-bond donors (Lipinski definition) is 2. The second-order valence-electron chi connectivity index (χ2n) is 7.79. The summed E-state index contributed by atoms with van der Waals surface area (Å²) < 4.78 is 10.3. The number of carbonyl (C=O) groups is 1. The van der Waals surface area contributed by atoms with Crippen molar-refractivity contribution in [1.82, 2.24) is 4.98 Å². The van der Waals surface area contributed by atoms with Crippen LogP contribution < -0.4 is 10.1 Å². The van der Waals surface area contributed by atoms with Crippen LogP contribution in [0.25, 0.3) is 17.3 Å². The maximum absolute atomic E-state index is 12.4. The first-order chi connectivity index (χ1) is 17.9. The number of aliphatic imine (C=N–C) groups is 1. The summed E-state index contributed by atoms with van der Waals surface area (Å²) >= 11 is 1.32. The number of phenols is 1. The molecule has 1 aliphatic rings. The van der Waals surface area contributed by atoms with E-state index in [0.29, 0.717) is 10.7 Å². The van der Waals surface area contributed by atoms with Gasteiger partial charge >= 0.3 is 5.97 Å². The zero-order chi connectivity index (χ0) is 25.9. The van der Waals surface area contributed by atoms with Gasteiger partial charge in [-0.1, -0.05) is 36.4 Å². The van der Waals surface area contributed by atoms with Crippen LogP contribution in [0, 0.1) is 10.1 Å². The van der Waals surface area contributed by atoms with E-state index in [-0.39, 0.29) is 40.0 Å². The van der Waals surface area contributed by atoms with Crippen molar-refractivity contribution in [3.05, 3.63) is 99.0 Å². The predicted molar refractivity (Wildman–Crippen MR) is 139 cm³/mol. The zero-order valence-corrected chi connectivity index (χ0v) is 20.1. The number of nitrogens with one attached hydrogen (secondary N) is 1. The lowest BCUT2D eigenvalue weighted by Gasteiger charge is -2.06. The molecule has 37 heavy (non-hydrogen) atoms. The molecule has 184 valence electrons. The third-order valence-electron chi connectivity index (χ3n) is 5.38. The van der Waals surface area contributed by atoms with E-state index in [2.05, 4.69) is 15.3 Å². The normalized spacial score (nSPS) is 13.8. The maximum atomic E-state index is 12.4. The molecule has 5 rings (SSSR count). The Morgan fingerprint density at radius 3 is 2.65 bits per heavy atom. The Bertz CT molecular complexity index is 1580. The minimum Gasteiger partial charge on any atom is -0.504 e. The Morgan fingerprint density at radius 1 is 1.11 bits per heavy atom. The average Bonchev–Trinajstić information content (AvgIpc) is 3.51. The second-order valence-corrected chi connectivity index (χ2v) is 8.64. The first-order valence-electron chi connectivity index (χ1n) is 10.9. The van der Waals surface area contributed by atoms with Crippen molar-refractivity contribution >= 4 is 45.8 Å². The van der Waals surface area contributed by atoms with Crippen LogP contribution >= 0.6 is 11.3 Å². The van der Waals surface area contributed by atoms with Crippen LogP contribution in [-0.4, -0.2) is 34.0 Å². The topological polar surface area (TPSA) is 136 Å². The Kier molecular flexibility index (Phi) is 6.35. The largest absolute Gasteiger partial charge is 0.504 e. The Balaban J connectivity index is 1.40. The fourth-order valence-electron chi connectivity index (χ4n) is 3.60. The summed E-state index contributed by atoms with van der Waals surface area (Å²) in [5.41, 5.74) is 2.44. The van der Waals surface area contributed by atoms with Crippen molar-refractivity contribution in [1.29, 1.82) is 0 Å². The van der Waals surface area contributed by atoms with E-state index in [1.807, 2.05) is 35.7 Å². The summed E-state index contributed by atoms with van der Waals surface area (Å²) in [7, 11) is 1.43. The standard InChI is InChI=1S/C26H18N4O6S/c1-35-23-10-7-15(12-22(23)31)11-19-25(32)36-24(27-19)17-8-9-18(21(13-17)30(33)34)28-26-29-20(14-37-26)16-5-3-2-4-6-16/h2-14,31H,1H3,(H,28,29)/b19-11+. The molecule has 0 aliphatic carbocycles. The summed E-state index contributed by atoms with van der Waals surface area (Å²) in [6, 6.07) is 18.5. The highest BCUT2D eigenvalue weighted by molar-refractivity contribution is 7.14. The molecule has 4 aromatic rings. The number of hydrogen-bond acceptors (Lipinski definition) is 10. The van der Waals surface area contributed by atoms with E-state index in [0.717, 1.165) is 11.3 Å². The van der Waals surface area contributed by atoms with Crippen molar-refractivity contribution in [3.8, 4) is 22.8 Å². The lowest BCUT2D eigenvalue weighted by Crippen LogP contribution is -2.06. The lowest BCUT2D eigenvalue weighted by molar-refractivity contribution is -0.383. The quantitative estimate of drug-likeness (QED) is 0.142. The van der Waals surface area contributed by atoms with Gasteiger partial charge in [-0.25, -0.2) is 14.8 Å². The number of anilines is 2. The summed E-state index contributed by atoms with van der Waals surface area (Å²) in [5.74, 6) is -0.590. The number of phenolic OH excluding ortho intramolecular Hbond substituents is 1. The van der Waals surface area contributed by atoms with E-state index in [1.54, 1.807) is 18.2 Å². The molecule has 0 atom stereocenters. The number of nitro benzene ring substituents is 1. The summed E-state index contributed by atoms with van der Waals surface area (Å²) in [5, 5.41) is 27.1. The van der Waals surface area contributed by atoms with Gasteiger partial charge in [-0.2, -0.15) is 0 Å². The molecule has 3 aromatic carbocycles. The molecule has 0 unspecified atom stereocenters. The minimum absolute atomic E-state index is 0.0133. The first-order valence-corrected chi connectivity index (χ1v) is 11.8. The predicted octanol–water partition coefficient (Wildman–Crippen LogP) is 5.52. The minimum atomic E-state index is -0.716. The van der Waals surface area contributed by atoms with Crippen LogP contribution in [0.4, 0.5) is 16.5 Å². The number of benzene rings is 3. The molecule has 1 aromatic heterocycles. The van der Waals surface area contributed by atoms with Crippen molar-refractivity contribution in [2.75, 3.05) is 12.4 Å². The molecule has 0 bridgehead atoms. The van der Waals surface area contributed by atoms with Crippen LogP contribution in [0.2, 0.25) is 0 Å². The number of ether oxygens (including phenoxy) is 2. The number of carbonyl (C=O) groups excluding carboxylic acids is 1. The van der Waals surface area contributed by atoms with E-state index >= 15 is 0 Å². The molecular weight excluding hydrogens is 496 g/mol. The van der Waals surface area contributed by atoms with Crippen molar-refractivity contribution < 1.29 is 24.3 Å². The zero-order valence-electron chi connectivity index (χ0n) is 19.2. The van der Waals surface area contributed by atoms with Crippen LogP contribution in [-0.2, 0) is 9.53 Å². The van der Waals surface area contributed by atoms with Gasteiger partial charge in [0.2, 0.25) is 5.90 Å². The van der Waals surface area contributed by atoms with Gasteiger partial charge in [-0.3, -0.25) is 10.1 Å². The number of methoxy groups -OCH3 is 1. The summed E-state index contributed by atoms with van der Waals surface area (Å²) in [6.07, 6.45) is 1.44. The third-order valence-corrected chi connectivity index (χ3v) is 6.14. The highest BCUT2D eigenvalue weighted by Gasteiger charge is 2.27. The molecule has 10 nitrogen and oxygen atoms in total. The van der Waals surface area contributed by atoms with Gasteiger partial charge in [-0.05, 0) is 35.9 Å². The maximum Gasteiger partial charge on any atom is 0.363 e. The number of rotatable bonds is 7. The first kappa shape index (κ1) is 23.7. The van der Waals surface area contributed by atoms with Gasteiger partial charge in [0.05, 0.1) is 17.7 Å². The van der Waals surface area contributed by atoms with Crippen LogP contribution in [0.15, 0.2) is 82.8 Å². The number of thiazole rings is 1. The Morgan fingerprint density at radius 2 is 1.92 bits per heavy atom. The molecule has 0 fully saturated rings. The fourth-order valence-corrected chi connectivity index (χ4v) is 4.33.